The fraction of sp³-hybridized carbons (Fsp3) is 0.609. The molecule has 2 heterocycles. The summed E-state index contributed by atoms with van der Waals surface area (Å²) in [6.45, 7) is 5.48. The molecular formula is C23H32N6. The first-order valence-corrected chi connectivity index (χ1v) is 11.3. The SMILES string of the molecule is C(=C\c1ccccc1)/CN1CCN(C(c2nnnn2C2CCCC2)C2CC2)CC1. The van der Waals surface area contributed by atoms with Crippen molar-refractivity contribution >= 4 is 6.08 Å². The molecular weight excluding hydrogens is 360 g/mol. The van der Waals surface area contributed by atoms with Gasteiger partial charge >= 0.3 is 0 Å². The maximum Gasteiger partial charge on any atom is 0.168 e. The fourth-order valence-corrected chi connectivity index (χ4v) is 5.01. The average Bonchev–Trinajstić information content (AvgIpc) is 3.24. The second kappa shape index (κ2) is 8.76. The molecule has 0 bridgehead atoms. The van der Waals surface area contributed by atoms with E-state index in [2.05, 4.69) is 72.5 Å². The zero-order valence-electron chi connectivity index (χ0n) is 17.2. The van der Waals surface area contributed by atoms with Gasteiger partial charge in [-0.3, -0.25) is 9.80 Å². The molecule has 6 nitrogen and oxygen atoms in total. The highest BCUT2D eigenvalue weighted by Crippen LogP contribution is 2.45. The Balaban J connectivity index is 1.20. The van der Waals surface area contributed by atoms with E-state index in [0.717, 1.165) is 44.5 Å². The third-order valence-electron chi connectivity index (χ3n) is 6.80. The van der Waals surface area contributed by atoms with Crippen LogP contribution in [0.15, 0.2) is 36.4 Å². The van der Waals surface area contributed by atoms with E-state index in [-0.39, 0.29) is 0 Å². The Morgan fingerprint density at radius 2 is 1.72 bits per heavy atom. The van der Waals surface area contributed by atoms with Gasteiger partial charge in [0, 0.05) is 32.7 Å². The van der Waals surface area contributed by atoms with Gasteiger partial charge in [-0.15, -0.1) is 5.10 Å². The van der Waals surface area contributed by atoms with Crippen LogP contribution in [-0.2, 0) is 0 Å². The minimum atomic E-state index is 0.410. The van der Waals surface area contributed by atoms with E-state index < -0.39 is 0 Å². The second-order valence-electron chi connectivity index (χ2n) is 8.85. The summed E-state index contributed by atoms with van der Waals surface area (Å²) in [4.78, 5) is 5.21. The average molecular weight is 393 g/mol. The smallest absolute Gasteiger partial charge is 0.168 e. The number of piperazine rings is 1. The van der Waals surface area contributed by atoms with Crippen molar-refractivity contribution in [2.45, 2.75) is 50.6 Å². The molecule has 0 N–H and O–H groups in total. The highest BCUT2D eigenvalue weighted by atomic mass is 15.6. The summed E-state index contributed by atoms with van der Waals surface area (Å²) in [6.07, 6.45) is 12.3. The monoisotopic (exact) mass is 392 g/mol. The van der Waals surface area contributed by atoms with Crippen LogP contribution in [-0.4, -0.2) is 62.7 Å². The molecule has 154 valence electrons. The minimum absolute atomic E-state index is 0.410. The van der Waals surface area contributed by atoms with E-state index in [4.69, 9.17) is 0 Å². The Morgan fingerprint density at radius 1 is 0.966 bits per heavy atom. The van der Waals surface area contributed by atoms with Crippen LogP contribution in [0.3, 0.4) is 0 Å². The Hall–Kier alpha value is -2.05. The highest BCUT2D eigenvalue weighted by Gasteiger charge is 2.41. The van der Waals surface area contributed by atoms with E-state index in [0.29, 0.717) is 12.1 Å². The third kappa shape index (κ3) is 4.43. The molecule has 1 aliphatic heterocycles. The van der Waals surface area contributed by atoms with Crippen molar-refractivity contribution in [1.82, 2.24) is 30.0 Å². The molecule has 1 aromatic carbocycles. The van der Waals surface area contributed by atoms with Crippen molar-refractivity contribution in [3.05, 3.63) is 47.8 Å². The molecule has 6 heteroatoms. The molecule has 1 aromatic heterocycles. The van der Waals surface area contributed by atoms with Crippen LogP contribution in [0.5, 0.6) is 0 Å². The van der Waals surface area contributed by atoms with Crippen molar-refractivity contribution in [2.75, 3.05) is 32.7 Å². The first-order valence-electron chi connectivity index (χ1n) is 11.3. The summed E-state index contributed by atoms with van der Waals surface area (Å²) in [5, 5.41) is 13.0. The summed E-state index contributed by atoms with van der Waals surface area (Å²) in [7, 11) is 0. The maximum atomic E-state index is 4.54. The third-order valence-corrected chi connectivity index (χ3v) is 6.80. The quantitative estimate of drug-likeness (QED) is 0.721. The van der Waals surface area contributed by atoms with Crippen LogP contribution >= 0.6 is 0 Å². The summed E-state index contributed by atoms with van der Waals surface area (Å²) in [6, 6.07) is 11.5. The number of tetrazole rings is 1. The van der Waals surface area contributed by atoms with Gasteiger partial charge in [-0.05, 0) is 47.6 Å². The van der Waals surface area contributed by atoms with Crippen LogP contribution in [0.2, 0.25) is 0 Å². The summed E-state index contributed by atoms with van der Waals surface area (Å²) >= 11 is 0. The standard InChI is InChI=1S/C23H32N6/c1-2-7-19(8-3-1)9-6-14-27-15-17-28(18-16-27)22(20-12-13-20)23-24-25-26-29(23)21-10-4-5-11-21/h1-3,6-9,20-22H,4-5,10-18H2/b9-6+. The van der Waals surface area contributed by atoms with Crippen molar-refractivity contribution < 1.29 is 0 Å². The van der Waals surface area contributed by atoms with Gasteiger partial charge in [-0.1, -0.05) is 55.3 Å². The first-order chi connectivity index (χ1) is 14.4. The van der Waals surface area contributed by atoms with Crippen LogP contribution in [0, 0.1) is 5.92 Å². The van der Waals surface area contributed by atoms with Gasteiger partial charge < -0.3 is 0 Å². The van der Waals surface area contributed by atoms with Gasteiger partial charge in [-0.2, -0.15) is 0 Å². The van der Waals surface area contributed by atoms with E-state index >= 15 is 0 Å². The van der Waals surface area contributed by atoms with Crippen LogP contribution in [0.4, 0.5) is 0 Å². The summed E-state index contributed by atoms with van der Waals surface area (Å²) in [5.74, 6) is 1.88. The van der Waals surface area contributed by atoms with Crippen molar-refractivity contribution in [3.8, 4) is 0 Å². The molecule has 1 saturated heterocycles. The van der Waals surface area contributed by atoms with Gasteiger partial charge in [0.05, 0.1) is 12.1 Å². The molecule has 5 rings (SSSR count). The largest absolute Gasteiger partial charge is 0.297 e. The predicted molar refractivity (Wildman–Crippen MR) is 114 cm³/mol. The number of aromatic nitrogens is 4. The van der Waals surface area contributed by atoms with Crippen LogP contribution in [0.1, 0.15) is 62.0 Å². The maximum absolute atomic E-state index is 4.54. The number of rotatable bonds is 7. The zero-order valence-corrected chi connectivity index (χ0v) is 17.2. The highest BCUT2D eigenvalue weighted by molar-refractivity contribution is 5.48. The van der Waals surface area contributed by atoms with E-state index in [1.165, 1.54) is 44.1 Å². The lowest BCUT2D eigenvalue weighted by Gasteiger charge is -2.38. The Morgan fingerprint density at radius 3 is 2.45 bits per heavy atom. The number of hydrogen-bond donors (Lipinski definition) is 0. The van der Waals surface area contributed by atoms with E-state index in [1.807, 2.05) is 0 Å². The molecule has 2 saturated carbocycles. The van der Waals surface area contributed by atoms with Gasteiger partial charge in [0.1, 0.15) is 0 Å². The fourth-order valence-electron chi connectivity index (χ4n) is 5.01. The molecule has 2 aliphatic carbocycles. The minimum Gasteiger partial charge on any atom is -0.297 e. The summed E-state index contributed by atoms with van der Waals surface area (Å²) in [5.41, 5.74) is 1.28. The molecule has 0 spiro atoms. The lowest BCUT2D eigenvalue weighted by Crippen LogP contribution is -2.48. The normalized spacial score (nSPS) is 23.2. The number of hydrogen-bond acceptors (Lipinski definition) is 5. The van der Waals surface area contributed by atoms with Crippen LogP contribution in [0.25, 0.3) is 6.08 Å². The molecule has 0 radical (unpaired) electrons. The predicted octanol–water partition coefficient (Wildman–Crippen LogP) is 3.57. The molecule has 2 aromatic rings. The number of benzene rings is 1. The van der Waals surface area contributed by atoms with E-state index in [9.17, 15) is 0 Å². The molecule has 29 heavy (non-hydrogen) atoms. The topological polar surface area (TPSA) is 50.1 Å². The zero-order chi connectivity index (χ0) is 19.5. The Labute approximate surface area is 173 Å². The van der Waals surface area contributed by atoms with Gasteiger partial charge in [0.15, 0.2) is 5.82 Å². The molecule has 3 aliphatic rings. The number of nitrogens with zero attached hydrogens (tertiary/aromatic N) is 6. The lowest BCUT2D eigenvalue weighted by atomic mass is 10.1. The molecule has 3 fully saturated rings. The van der Waals surface area contributed by atoms with Crippen molar-refractivity contribution in [1.29, 1.82) is 0 Å². The Bertz CT molecular complexity index is 798. The van der Waals surface area contributed by atoms with Crippen LogP contribution < -0.4 is 0 Å². The second-order valence-corrected chi connectivity index (χ2v) is 8.85. The summed E-state index contributed by atoms with van der Waals surface area (Å²) < 4.78 is 2.19. The molecule has 1 atom stereocenters. The van der Waals surface area contributed by atoms with E-state index in [1.54, 1.807) is 0 Å². The van der Waals surface area contributed by atoms with Crippen molar-refractivity contribution in [3.63, 3.8) is 0 Å². The van der Waals surface area contributed by atoms with Gasteiger partial charge in [0.2, 0.25) is 0 Å². The first kappa shape index (κ1) is 18.9. The molecule has 1 unspecified atom stereocenters. The van der Waals surface area contributed by atoms with Gasteiger partial charge in [0.25, 0.3) is 0 Å². The lowest BCUT2D eigenvalue weighted by molar-refractivity contribution is 0.0854. The van der Waals surface area contributed by atoms with Crippen molar-refractivity contribution in [2.24, 2.45) is 5.92 Å². The van der Waals surface area contributed by atoms with Gasteiger partial charge in [-0.25, -0.2) is 4.68 Å². The Kier molecular flexibility index (Phi) is 5.72. The molecule has 0 amide bonds.